The standard InChI is InChI=1S/C15H19N3O2/c1-8-11(5-6-19)9(2)16-13(8)7-12-14(10-3-4-10)17-18-15(12)20/h7,10,16,19H,3-6H2,1-2H3,(H,18,20)/b12-7+. The summed E-state index contributed by atoms with van der Waals surface area (Å²) in [6, 6.07) is 0. The van der Waals surface area contributed by atoms with Crippen LogP contribution in [-0.2, 0) is 11.2 Å². The Balaban J connectivity index is 1.97. The fourth-order valence-corrected chi connectivity index (χ4v) is 2.75. The number of hydrogen-bond acceptors (Lipinski definition) is 3. The quantitative estimate of drug-likeness (QED) is 0.726. The average Bonchev–Trinajstić information content (AvgIpc) is 3.15. The van der Waals surface area contributed by atoms with Gasteiger partial charge in [-0.3, -0.25) is 4.79 Å². The highest BCUT2D eigenvalue weighted by atomic mass is 16.3. The topological polar surface area (TPSA) is 77.5 Å². The van der Waals surface area contributed by atoms with Gasteiger partial charge in [0.15, 0.2) is 0 Å². The molecule has 5 heteroatoms. The molecule has 0 atom stereocenters. The smallest absolute Gasteiger partial charge is 0.273 e. The van der Waals surface area contributed by atoms with Crippen molar-refractivity contribution in [3.63, 3.8) is 0 Å². The summed E-state index contributed by atoms with van der Waals surface area (Å²) in [5.74, 6) is 0.315. The van der Waals surface area contributed by atoms with Gasteiger partial charge >= 0.3 is 0 Å². The van der Waals surface area contributed by atoms with E-state index in [2.05, 4.69) is 15.5 Å². The van der Waals surface area contributed by atoms with Crippen LogP contribution in [0.1, 0.15) is 35.4 Å². The number of aromatic nitrogens is 1. The molecule has 0 radical (unpaired) electrons. The Bertz CT molecular complexity index is 621. The number of hydrazone groups is 1. The molecule has 0 spiro atoms. The molecule has 20 heavy (non-hydrogen) atoms. The van der Waals surface area contributed by atoms with Gasteiger partial charge < -0.3 is 10.1 Å². The molecule has 1 fully saturated rings. The number of hydrogen-bond donors (Lipinski definition) is 3. The van der Waals surface area contributed by atoms with Gasteiger partial charge in [-0.25, -0.2) is 5.43 Å². The number of aliphatic hydroxyl groups is 1. The molecule has 5 nitrogen and oxygen atoms in total. The Morgan fingerprint density at radius 1 is 1.40 bits per heavy atom. The fraction of sp³-hybridized carbons (Fsp3) is 0.467. The Morgan fingerprint density at radius 3 is 2.80 bits per heavy atom. The van der Waals surface area contributed by atoms with Crippen LogP contribution in [0.4, 0.5) is 0 Å². The highest BCUT2D eigenvalue weighted by Crippen LogP contribution is 2.35. The van der Waals surface area contributed by atoms with Crippen LogP contribution in [-0.4, -0.2) is 28.3 Å². The first kappa shape index (κ1) is 13.1. The van der Waals surface area contributed by atoms with Crippen LogP contribution in [0.15, 0.2) is 10.7 Å². The third-order valence-electron chi connectivity index (χ3n) is 4.04. The van der Waals surface area contributed by atoms with Crippen LogP contribution in [0, 0.1) is 19.8 Å². The first-order chi connectivity index (χ1) is 9.61. The highest BCUT2D eigenvalue weighted by Gasteiger charge is 2.36. The zero-order chi connectivity index (χ0) is 14.3. The lowest BCUT2D eigenvalue weighted by molar-refractivity contribution is -0.116. The van der Waals surface area contributed by atoms with Crippen LogP contribution in [0.5, 0.6) is 0 Å². The lowest BCUT2D eigenvalue weighted by Gasteiger charge is -2.00. The van der Waals surface area contributed by atoms with Gasteiger partial charge in [-0.2, -0.15) is 5.10 Å². The Morgan fingerprint density at radius 2 is 2.15 bits per heavy atom. The monoisotopic (exact) mass is 273 g/mol. The van der Waals surface area contributed by atoms with E-state index in [0.717, 1.165) is 41.1 Å². The number of amides is 1. The van der Waals surface area contributed by atoms with Gasteiger partial charge in [-0.1, -0.05) is 0 Å². The molecule has 0 bridgehead atoms. The molecule has 1 aromatic heterocycles. The molecule has 0 unspecified atom stereocenters. The summed E-state index contributed by atoms with van der Waals surface area (Å²) < 4.78 is 0. The number of nitrogens with one attached hydrogen (secondary N) is 2. The minimum absolute atomic E-state index is 0.123. The van der Waals surface area contributed by atoms with Crippen molar-refractivity contribution in [2.75, 3.05) is 6.61 Å². The first-order valence-electron chi connectivity index (χ1n) is 7.00. The third kappa shape index (κ3) is 2.18. The normalized spacial score (nSPS) is 20.4. The Hall–Kier alpha value is -1.88. The average molecular weight is 273 g/mol. The zero-order valence-electron chi connectivity index (χ0n) is 11.8. The van der Waals surface area contributed by atoms with E-state index in [1.54, 1.807) is 0 Å². The molecule has 1 aromatic rings. The predicted octanol–water partition coefficient (Wildman–Crippen LogP) is 1.45. The lowest BCUT2D eigenvalue weighted by atomic mass is 10.0. The third-order valence-corrected chi connectivity index (χ3v) is 4.04. The number of aliphatic hydroxyl groups excluding tert-OH is 1. The second kappa shape index (κ2) is 4.90. The van der Waals surface area contributed by atoms with Gasteiger partial charge in [0.25, 0.3) is 5.91 Å². The summed E-state index contributed by atoms with van der Waals surface area (Å²) in [6.07, 6.45) is 4.75. The summed E-state index contributed by atoms with van der Waals surface area (Å²) >= 11 is 0. The first-order valence-corrected chi connectivity index (χ1v) is 7.00. The predicted molar refractivity (Wildman–Crippen MR) is 77.3 cm³/mol. The van der Waals surface area contributed by atoms with Crippen LogP contribution in [0.3, 0.4) is 0 Å². The summed E-state index contributed by atoms with van der Waals surface area (Å²) in [5, 5.41) is 13.3. The molecule has 1 aliphatic carbocycles. The van der Waals surface area contributed by atoms with Crippen LogP contribution in [0.25, 0.3) is 6.08 Å². The van der Waals surface area contributed by atoms with Crippen molar-refractivity contribution in [1.29, 1.82) is 0 Å². The van der Waals surface area contributed by atoms with Crippen LogP contribution >= 0.6 is 0 Å². The number of nitrogens with zero attached hydrogens (tertiary/aromatic N) is 1. The van der Waals surface area contributed by atoms with E-state index >= 15 is 0 Å². The van der Waals surface area contributed by atoms with Crippen molar-refractivity contribution < 1.29 is 9.90 Å². The number of aryl methyl sites for hydroxylation is 1. The second-order valence-electron chi connectivity index (χ2n) is 5.51. The van der Waals surface area contributed by atoms with Gasteiger partial charge in [0.2, 0.25) is 0 Å². The van der Waals surface area contributed by atoms with E-state index in [1.807, 2.05) is 19.9 Å². The second-order valence-corrected chi connectivity index (χ2v) is 5.51. The maximum atomic E-state index is 11.9. The summed E-state index contributed by atoms with van der Waals surface area (Å²) in [4.78, 5) is 15.2. The number of carbonyl (C=O) groups excluding carboxylic acids is 1. The van der Waals surface area contributed by atoms with Crippen molar-refractivity contribution in [3.05, 3.63) is 28.1 Å². The summed E-state index contributed by atoms with van der Waals surface area (Å²) in [6.45, 7) is 4.14. The summed E-state index contributed by atoms with van der Waals surface area (Å²) in [5.41, 5.74) is 8.33. The van der Waals surface area contributed by atoms with Gasteiger partial charge in [0, 0.05) is 23.9 Å². The van der Waals surface area contributed by atoms with E-state index in [4.69, 9.17) is 5.11 Å². The SMILES string of the molecule is Cc1[nH]c(/C=C2/C(=O)NN=C2C2CC2)c(C)c1CCO. The Kier molecular flexibility index (Phi) is 3.22. The largest absolute Gasteiger partial charge is 0.396 e. The molecule has 0 aromatic carbocycles. The van der Waals surface area contributed by atoms with Crippen molar-refractivity contribution >= 4 is 17.7 Å². The van der Waals surface area contributed by atoms with Gasteiger partial charge in [-0.15, -0.1) is 0 Å². The van der Waals surface area contributed by atoms with E-state index < -0.39 is 0 Å². The van der Waals surface area contributed by atoms with Crippen molar-refractivity contribution in [2.45, 2.75) is 33.1 Å². The minimum atomic E-state index is -0.123. The van der Waals surface area contributed by atoms with Gasteiger partial charge in [-0.05, 0) is 50.3 Å². The molecule has 1 aliphatic heterocycles. The number of carbonyl (C=O) groups is 1. The van der Waals surface area contributed by atoms with E-state index in [1.165, 1.54) is 0 Å². The molecule has 0 saturated heterocycles. The molecule has 106 valence electrons. The minimum Gasteiger partial charge on any atom is -0.396 e. The Labute approximate surface area is 117 Å². The fourth-order valence-electron chi connectivity index (χ4n) is 2.75. The summed E-state index contributed by atoms with van der Waals surface area (Å²) in [7, 11) is 0. The van der Waals surface area contributed by atoms with E-state index in [-0.39, 0.29) is 12.5 Å². The lowest BCUT2D eigenvalue weighted by Crippen LogP contribution is -2.13. The van der Waals surface area contributed by atoms with Crippen LogP contribution < -0.4 is 5.43 Å². The molecule has 3 rings (SSSR count). The molecular weight excluding hydrogens is 254 g/mol. The number of rotatable bonds is 4. The highest BCUT2D eigenvalue weighted by molar-refractivity contribution is 6.28. The molecule has 1 amide bonds. The molecule has 2 aliphatic rings. The van der Waals surface area contributed by atoms with E-state index in [0.29, 0.717) is 17.9 Å². The zero-order valence-corrected chi connectivity index (χ0v) is 11.8. The van der Waals surface area contributed by atoms with Crippen molar-refractivity contribution in [2.24, 2.45) is 11.0 Å². The van der Waals surface area contributed by atoms with Gasteiger partial charge in [0.1, 0.15) is 0 Å². The maximum Gasteiger partial charge on any atom is 0.273 e. The maximum absolute atomic E-state index is 11.9. The molecule has 3 N–H and O–H groups in total. The van der Waals surface area contributed by atoms with Crippen LogP contribution in [0.2, 0.25) is 0 Å². The molecule has 1 saturated carbocycles. The molecule has 2 heterocycles. The van der Waals surface area contributed by atoms with Crippen molar-refractivity contribution in [3.8, 4) is 0 Å². The number of H-pyrrole nitrogens is 1. The number of aromatic amines is 1. The van der Waals surface area contributed by atoms with E-state index in [9.17, 15) is 4.79 Å². The molecular formula is C15H19N3O2. The van der Waals surface area contributed by atoms with Gasteiger partial charge in [0.05, 0.1) is 11.3 Å². The van der Waals surface area contributed by atoms with Crippen molar-refractivity contribution in [1.82, 2.24) is 10.4 Å².